The van der Waals surface area contributed by atoms with Gasteiger partial charge in [0.05, 0.1) is 5.52 Å². The van der Waals surface area contributed by atoms with Gasteiger partial charge in [-0.15, -0.1) is 0 Å². The van der Waals surface area contributed by atoms with E-state index < -0.39 is 0 Å². The van der Waals surface area contributed by atoms with Crippen molar-refractivity contribution in [1.82, 2.24) is 4.98 Å². The van der Waals surface area contributed by atoms with Crippen molar-refractivity contribution >= 4 is 28.2 Å². The highest BCUT2D eigenvalue weighted by Crippen LogP contribution is 2.41. The lowest BCUT2D eigenvalue weighted by Gasteiger charge is -2.12. The zero-order valence-electron chi connectivity index (χ0n) is 10.8. The summed E-state index contributed by atoms with van der Waals surface area (Å²) in [6.07, 6.45) is 2.54. The van der Waals surface area contributed by atoms with E-state index in [-0.39, 0.29) is 0 Å². The summed E-state index contributed by atoms with van der Waals surface area (Å²) in [5.74, 6) is 0.658. The Hall–Kier alpha value is -1.28. The molecular formula is C15H17ClN2. The van der Waals surface area contributed by atoms with Gasteiger partial charge in [0.15, 0.2) is 0 Å². The van der Waals surface area contributed by atoms with E-state index >= 15 is 0 Å². The lowest BCUT2D eigenvalue weighted by molar-refractivity contribution is 1.04. The summed E-state index contributed by atoms with van der Waals surface area (Å²) in [7, 11) is 0. The van der Waals surface area contributed by atoms with Crippen molar-refractivity contribution in [2.24, 2.45) is 0 Å². The second-order valence-corrected chi connectivity index (χ2v) is 5.38. The van der Waals surface area contributed by atoms with Gasteiger partial charge >= 0.3 is 0 Å². The Kier molecular flexibility index (Phi) is 2.90. The molecule has 3 heteroatoms. The van der Waals surface area contributed by atoms with E-state index in [1.807, 2.05) is 13.0 Å². The average Bonchev–Trinajstić information content (AvgIpc) is 3.18. The highest BCUT2D eigenvalue weighted by molar-refractivity contribution is 6.32. The number of pyridine rings is 1. The van der Waals surface area contributed by atoms with Crippen molar-refractivity contribution in [2.45, 2.75) is 32.6 Å². The molecule has 0 atom stereocenters. The Bertz CT molecular complexity index is 603. The number of nitrogens with zero attached hydrogens (tertiary/aromatic N) is 1. The summed E-state index contributed by atoms with van der Waals surface area (Å²) >= 11 is 6.20. The van der Waals surface area contributed by atoms with Gasteiger partial charge in [-0.3, -0.25) is 4.98 Å². The van der Waals surface area contributed by atoms with Crippen LogP contribution in [0.4, 0.5) is 5.69 Å². The number of nitrogens with one attached hydrogen (secondary N) is 1. The molecule has 2 aromatic rings. The molecule has 18 heavy (non-hydrogen) atoms. The Morgan fingerprint density at radius 1 is 1.39 bits per heavy atom. The molecule has 0 aliphatic heterocycles. The van der Waals surface area contributed by atoms with Gasteiger partial charge in [-0.1, -0.05) is 11.6 Å². The largest absolute Gasteiger partial charge is 0.385 e. The van der Waals surface area contributed by atoms with E-state index in [2.05, 4.69) is 24.4 Å². The molecule has 2 nitrogen and oxygen atoms in total. The number of benzene rings is 1. The van der Waals surface area contributed by atoms with E-state index in [0.29, 0.717) is 5.92 Å². The first kappa shape index (κ1) is 11.8. The molecule has 1 aromatic carbocycles. The Morgan fingerprint density at radius 2 is 2.17 bits per heavy atom. The first-order chi connectivity index (χ1) is 8.70. The standard InChI is InChI=1S/C15H17ClN2/c1-3-17-14-8-13(10-4-5-10)18-15-9(2)12(16)7-6-11(14)15/h6-8,10H,3-5H2,1-2H3,(H,17,18). The first-order valence-corrected chi connectivity index (χ1v) is 6.92. The van der Waals surface area contributed by atoms with Crippen molar-refractivity contribution in [1.29, 1.82) is 0 Å². The number of hydrogen-bond donors (Lipinski definition) is 1. The smallest absolute Gasteiger partial charge is 0.0770 e. The van der Waals surface area contributed by atoms with Crippen LogP contribution in [0.2, 0.25) is 5.02 Å². The zero-order chi connectivity index (χ0) is 12.7. The van der Waals surface area contributed by atoms with Crippen LogP contribution in [0.25, 0.3) is 10.9 Å². The fourth-order valence-electron chi connectivity index (χ4n) is 2.35. The Morgan fingerprint density at radius 3 is 2.83 bits per heavy atom. The maximum atomic E-state index is 6.20. The lowest BCUT2D eigenvalue weighted by Crippen LogP contribution is -2.01. The normalized spacial score (nSPS) is 15.1. The monoisotopic (exact) mass is 260 g/mol. The molecule has 0 unspecified atom stereocenters. The van der Waals surface area contributed by atoms with E-state index in [1.54, 1.807) is 0 Å². The summed E-state index contributed by atoms with van der Waals surface area (Å²) in [6, 6.07) is 6.22. The van der Waals surface area contributed by atoms with Crippen molar-refractivity contribution in [2.75, 3.05) is 11.9 Å². The van der Waals surface area contributed by atoms with Crippen molar-refractivity contribution < 1.29 is 0 Å². The van der Waals surface area contributed by atoms with Gasteiger partial charge in [0.2, 0.25) is 0 Å². The average molecular weight is 261 g/mol. The van der Waals surface area contributed by atoms with E-state index in [1.165, 1.54) is 29.6 Å². The summed E-state index contributed by atoms with van der Waals surface area (Å²) in [5, 5.41) is 5.40. The fraction of sp³-hybridized carbons (Fsp3) is 0.400. The number of fused-ring (bicyclic) bond motifs is 1. The maximum absolute atomic E-state index is 6.20. The SMILES string of the molecule is CCNc1cc(C2CC2)nc2c(C)c(Cl)ccc12. The van der Waals surface area contributed by atoms with Gasteiger partial charge in [0, 0.05) is 34.3 Å². The molecule has 0 spiro atoms. The van der Waals surface area contributed by atoms with E-state index in [4.69, 9.17) is 16.6 Å². The van der Waals surface area contributed by atoms with Gasteiger partial charge in [-0.25, -0.2) is 0 Å². The summed E-state index contributed by atoms with van der Waals surface area (Å²) in [6.45, 7) is 5.08. The lowest BCUT2D eigenvalue weighted by atomic mass is 10.1. The summed E-state index contributed by atoms with van der Waals surface area (Å²) in [4.78, 5) is 4.82. The minimum absolute atomic E-state index is 0.658. The summed E-state index contributed by atoms with van der Waals surface area (Å²) in [5.41, 5.74) is 4.52. The molecule has 0 bridgehead atoms. The maximum Gasteiger partial charge on any atom is 0.0770 e. The van der Waals surface area contributed by atoms with Crippen LogP contribution in [0.3, 0.4) is 0 Å². The van der Waals surface area contributed by atoms with Crippen LogP contribution in [0, 0.1) is 6.92 Å². The molecule has 1 aliphatic carbocycles. The number of rotatable bonds is 3. The highest BCUT2D eigenvalue weighted by Gasteiger charge is 2.26. The quantitative estimate of drug-likeness (QED) is 0.879. The predicted octanol–water partition coefficient (Wildman–Crippen LogP) is 4.51. The highest BCUT2D eigenvalue weighted by atomic mass is 35.5. The van der Waals surface area contributed by atoms with Crippen LogP contribution >= 0.6 is 11.6 Å². The third-order valence-electron chi connectivity index (χ3n) is 3.55. The molecule has 3 rings (SSSR count). The summed E-state index contributed by atoms with van der Waals surface area (Å²) < 4.78 is 0. The van der Waals surface area contributed by atoms with Crippen molar-refractivity contribution in [3.63, 3.8) is 0 Å². The van der Waals surface area contributed by atoms with Crippen molar-refractivity contribution in [3.8, 4) is 0 Å². The second-order valence-electron chi connectivity index (χ2n) is 4.97. The molecule has 0 saturated heterocycles. The Labute approximate surface area is 112 Å². The third-order valence-corrected chi connectivity index (χ3v) is 3.96. The van der Waals surface area contributed by atoms with Crippen molar-refractivity contribution in [3.05, 3.63) is 34.5 Å². The fourth-order valence-corrected chi connectivity index (χ4v) is 2.50. The van der Waals surface area contributed by atoms with Crippen LogP contribution in [0.1, 0.15) is 36.9 Å². The minimum atomic E-state index is 0.658. The molecule has 1 N–H and O–H groups in total. The number of aromatic nitrogens is 1. The topological polar surface area (TPSA) is 24.9 Å². The molecule has 0 radical (unpaired) electrons. The van der Waals surface area contributed by atoms with Gasteiger partial charge in [0.25, 0.3) is 0 Å². The first-order valence-electron chi connectivity index (χ1n) is 6.54. The molecule has 1 fully saturated rings. The van der Waals surface area contributed by atoms with Gasteiger partial charge in [0.1, 0.15) is 0 Å². The van der Waals surface area contributed by atoms with Gasteiger partial charge < -0.3 is 5.32 Å². The van der Waals surface area contributed by atoms with Crippen LogP contribution in [0.15, 0.2) is 18.2 Å². The van der Waals surface area contributed by atoms with Gasteiger partial charge in [-0.2, -0.15) is 0 Å². The third kappa shape index (κ3) is 1.95. The number of anilines is 1. The van der Waals surface area contributed by atoms with Crippen LogP contribution in [-0.2, 0) is 0 Å². The molecule has 94 valence electrons. The Balaban J connectivity index is 2.26. The minimum Gasteiger partial charge on any atom is -0.385 e. The van der Waals surface area contributed by atoms with Gasteiger partial charge in [-0.05, 0) is 50.5 Å². The molecular weight excluding hydrogens is 244 g/mol. The number of aryl methyl sites for hydroxylation is 1. The zero-order valence-corrected chi connectivity index (χ0v) is 11.5. The molecule has 1 heterocycles. The number of hydrogen-bond acceptors (Lipinski definition) is 2. The van der Waals surface area contributed by atoms with E-state index in [9.17, 15) is 0 Å². The van der Waals surface area contributed by atoms with Crippen LogP contribution in [-0.4, -0.2) is 11.5 Å². The van der Waals surface area contributed by atoms with Crippen LogP contribution in [0.5, 0.6) is 0 Å². The molecule has 1 saturated carbocycles. The number of halogens is 1. The van der Waals surface area contributed by atoms with Crippen LogP contribution < -0.4 is 5.32 Å². The molecule has 0 amide bonds. The second kappa shape index (κ2) is 4.43. The van der Waals surface area contributed by atoms with E-state index in [0.717, 1.165) is 22.6 Å². The molecule has 1 aromatic heterocycles. The molecule has 1 aliphatic rings. The predicted molar refractivity (Wildman–Crippen MR) is 77.6 cm³/mol.